The van der Waals surface area contributed by atoms with Crippen LogP contribution in [0.4, 0.5) is 0 Å². The lowest BCUT2D eigenvalue weighted by Gasteiger charge is -2.17. The Bertz CT molecular complexity index is 606. The van der Waals surface area contributed by atoms with Crippen LogP contribution in [-0.2, 0) is 19.4 Å². The normalized spacial score (nSPS) is 12.9. The minimum atomic E-state index is 0.335. The highest BCUT2D eigenvalue weighted by Gasteiger charge is 2.07. The summed E-state index contributed by atoms with van der Waals surface area (Å²) in [6, 6.07) is 12.8. The molecule has 124 valence electrons. The van der Waals surface area contributed by atoms with Crippen molar-refractivity contribution in [2.75, 3.05) is 7.05 Å². The fourth-order valence-electron chi connectivity index (χ4n) is 2.30. The monoisotopic (exact) mass is 314 g/mol. The van der Waals surface area contributed by atoms with Crippen molar-refractivity contribution in [3.8, 4) is 0 Å². The summed E-state index contributed by atoms with van der Waals surface area (Å²) >= 11 is 0. The van der Waals surface area contributed by atoms with Crippen molar-refractivity contribution in [1.29, 1.82) is 0 Å². The van der Waals surface area contributed by atoms with Gasteiger partial charge < -0.3 is 15.2 Å². The van der Waals surface area contributed by atoms with E-state index < -0.39 is 0 Å². The van der Waals surface area contributed by atoms with Crippen molar-refractivity contribution in [3.63, 3.8) is 0 Å². The highest BCUT2D eigenvalue weighted by atomic mass is 16.5. The van der Waals surface area contributed by atoms with Crippen LogP contribution in [0.2, 0.25) is 0 Å². The minimum absolute atomic E-state index is 0.335. The molecule has 1 heterocycles. The molecule has 0 saturated heterocycles. The van der Waals surface area contributed by atoms with Crippen LogP contribution in [0.3, 0.4) is 0 Å². The van der Waals surface area contributed by atoms with Crippen LogP contribution >= 0.6 is 0 Å². The van der Waals surface area contributed by atoms with Crippen LogP contribution in [0.5, 0.6) is 0 Å². The first-order valence-electron chi connectivity index (χ1n) is 8.16. The van der Waals surface area contributed by atoms with Crippen molar-refractivity contribution >= 4 is 5.96 Å². The molecule has 0 saturated carbocycles. The molecule has 0 aliphatic heterocycles. The molecular formula is C18H26N4O. The molecule has 0 radical (unpaired) electrons. The number of aromatic nitrogens is 1. The Hall–Kier alpha value is -2.30. The quantitative estimate of drug-likeness (QED) is 0.609. The fourth-order valence-corrected chi connectivity index (χ4v) is 2.30. The van der Waals surface area contributed by atoms with E-state index in [0.29, 0.717) is 12.6 Å². The summed E-state index contributed by atoms with van der Waals surface area (Å²) in [6.07, 6.45) is 2.98. The average Bonchev–Trinajstić information content (AvgIpc) is 3.05. The van der Waals surface area contributed by atoms with Crippen molar-refractivity contribution in [1.82, 2.24) is 15.8 Å². The molecule has 1 aromatic heterocycles. The molecule has 2 aromatic rings. The van der Waals surface area contributed by atoms with Crippen molar-refractivity contribution in [3.05, 3.63) is 53.4 Å². The van der Waals surface area contributed by atoms with Crippen LogP contribution in [0.1, 0.15) is 37.3 Å². The van der Waals surface area contributed by atoms with Crippen molar-refractivity contribution in [2.24, 2.45) is 4.99 Å². The van der Waals surface area contributed by atoms with E-state index >= 15 is 0 Å². The van der Waals surface area contributed by atoms with Gasteiger partial charge in [0.1, 0.15) is 0 Å². The number of guanidine groups is 1. The minimum Gasteiger partial charge on any atom is -0.359 e. The number of hydrogen-bond donors (Lipinski definition) is 2. The molecule has 0 aliphatic rings. The topological polar surface area (TPSA) is 62.5 Å². The highest BCUT2D eigenvalue weighted by Crippen LogP contribution is 2.05. The summed E-state index contributed by atoms with van der Waals surface area (Å²) in [6.45, 7) is 4.81. The third-order valence-corrected chi connectivity index (χ3v) is 3.72. The SMILES string of the molecule is CCc1cc(CNC(=NC)NC(C)CCc2ccccc2)on1. The zero-order valence-corrected chi connectivity index (χ0v) is 14.2. The number of nitrogens with zero attached hydrogens (tertiary/aromatic N) is 2. The predicted octanol–water partition coefficient (Wildman–Crippen LogP) is 2.92. The molecule has 0 fully saturated rings. The van der Waals surface area contributed by atoms with E-state index in [1.165, 1.54) is 5.56 Å². The smallest absolute Gasteiger partial charge is 0.191 e. The Balaban J connectivity index is 1.75. The zero-order chi connectivity index (χ0) is 16.5. The molecule has 0 aliphatic carbocycles. The highest BCUT2D eigenvalue weighted by molar-refractivity contribution is 5.79. The first-order valence-corrected chi connectivity index (χ1v) is 8.16. The molecule has 1 unspecified atom stereocenters. The second-order valence-electron chi connectivity index (χ2n) is 5.63. The second-order valence-corrected chi connectivity index (χ2v) is 5.63. The molecule has 23 heavy (non-hydrogen) atoms. The lowest BCUT2D eigenvalue weighted by Crippen LogP contribution is -2.42. The summed E-state index contributed by atoms with van der Waals surface area (Å²) in [7, 11) is 1.77. The van der Waals surface area contributed by atoms with Crippen LogP contribution in [-0.4, -0.2) is 24.2 Å². The van der Waals surface area contributed by atoms with Gasteiger partial charge in [0.2, 0.25) is 0 Å². The summed E-state index contributed by atoms with van der Waals surface area (Å²) in [4.78, 5) is 4.26. The predicted molar refractivity (Wildman–Crippen MR) is 93.4 cm³/mol. The Morgan fingerprint density at radius 3 is 2.74 bits per heavy atom. The van der Waals surface area contributed by atoms with Gasteiger partial charge >= 0.3 is 0 Å². The molecule has 2 rings (SSSR count). The van der Waals surface area contributed by atoms with Gasteiger partial charge in [-0.15, -0.1) is 0 Å². The Morgan fingerprint density at radius 2 is 2.09 bits per heavy atom. The first kappa shape index (κ1) is 17.1. The van der Waals surface area contributed by atoms with Crippen molar-refractivity contribution in [2.45, 2.75) is 45.7 Å². The molecule has 5 heteroatoms. The number of benzene rings is 1. The third-order valence-electron chi connectivity index (χ3n) is 3.72. The van der Waals surface area contributed by atoms with Gasteiger partial charge in [-0.25, -0.2) is 0 Å². The molecule has 0 bridgehead atoms. The fraction of sp³-hybridized carbons (Fsp3) is 0.444. The second kappa shape index (κ2) is 8.98. The van der Waals surface area contributed by atoms with Gasteiger partial charge in [-0.1, -0.05) is 42.4 Å². The van der Waals surface area contributed by atoms with E-state index in [0.717, 1.165) is 36.7 Å². The van der Waals surface area contributed by atoms with E-state index in [1.54, 1.807) is 7.05 Å². The molecule has 0 spiro atoms. The zero-order valence-electron chi connectivity index (χ0n) is 14.2. The summed E-state index contributed by atoms with van der Waals surface area (Å²) in [5.41, 5.74) is 2.33. The van der Waals surface area contributed by atoms with E-state index in [9.17, 15) is 0 Å². The number of aliphatic imine (C=N–C) groups is 1. The van der Waals surface area contributed by atoms with E-state index in [1.807, 2.05) is 12.1 Å². The van der Waals surface area contributed by atoms with Gasteiger partial charge in [-0.05, 0) is 31.7 Å². The lowest BCUT2D eigenvalue weighted by molar-refractivity contribution is 0.374. The lowest BCUT2D eigenvalue weighted by atomic mass is 10.1. The van der Waals surface area contributed by atoms with Crippen molar-refractivity contribution < 1.29 is 4.52 Å². The van der Waals surface area contributed by atoms with Gasteiger partial charge in [-0.3, -0.25) is 4.99 Å². The standard InChI is InChI=1S/C18H26N4O/c1-4-16-12-17(23-22-16)13-20-18(19-3)21-14(2)10-11-15-8-6-5-7-9-15/h5-9,12,14H,4,10-11,13H2,1-3H3,(H2,19,20,21). The maximum absolute atomic E-state index is 5.27. The maximum Gasteiger partial charge on any atom is 0.191 e. The van der Waals surface area contributed by atoms with Crippen LogP contribution in [0.15, 0.2) is 45.9 Å². The Morgan fingerprint density at radius 1 is 1.30 bits per heavy atom. The molecule has 1 atom stereocenters. The van der Waals surface area contributed by atoms with Crippen LogP contribution in [0, 0.1) is 0 Å². The Kier molecular flexibility index (Phi) is 6.66. The summed E-state index contributed by atoms with van der Waals surface area (Å²) in [5, 5.41) is 10.6. The number of aryl methyl sites for hydroxylation is 2. The average molecular weight is 314 g/mol. The summed E-state index contributed by atoms with van der Waals surface area (Å²) in [5.74, 6) is 1.60. The third kappa shape index (κ3) is 5.77. The maximum atomic E-state index is 5.27. The van der Waals surface area contributed by atoms with E-state index in [2.05, 4.69) is 58.9 Å². The first-order chi connectivity index (χ1) is 11.2. The molecule has 2 N–H and O–H groups in total. The van der Waals surface area contributed by atoms with E-state index in [4.69, 9.17) is 4.52 Å². The summed E-state index contributed by atoms with van der Waals surface area (Å²) < 4.78 is 5.27. The molecular weight excluding hydrogens is 288 g/mol. The number of rotatable bonds is 7. The Labute approximate surface area is 138 Å². The van der Waals surface area contributed by atoms with Gasteiger partial charge in [0.15, 0.2) is 11.7 Å². The number of hydrogen-bond acceptors (Lipinski definition) is 3. The van der Waals surface area contributed by atoms with Crippen LogP contribution < -0.4 is 10.6 Å². The largest absolute Gasteiger partial charge is 0.359 e. The number of nitrogens with one attached hydrogen (secondary N) is 2. The molecule has 1 aromatic carbocycles. The molecule has 5 nitrogen and oxygen atoms in total. The van der Waals surface area contributed by atoms with E-state index in [-0.39, 0.29) is 0 Å². The molecule has 0 amide bonds. The van der Waals surface area contributed by atoms with Gasteiger partial charge in [0.05, 0.1) is 12.2 Å². The van der Waals surface area contributed by atoms with Gasteiger partial charge in [0.25, 0.3) is 0 Å². The van der Waals surface area contributed by atoms with Gasteiger partial charge in [0, 0.05) is 19.2 Å². The van der Waals surface area contributed by atoms with Crippen LogP contribution in [0.25, 0.3) is 0 Å². The van der Waals surface area contributed by atoms with Gasteiger partial charge in [-0.2, -0.15) is 0 Å².